The van der Waals surface area contributed by atoms with Crippen molar-refractivity contribution in [3.05, 3.63) is 46.2 Å². The molecule has 0 atom stereocenters. The fourth-order valence-corrected chi connectivity index (χ4v) is 2.32. The molecule has 1 aromatic heterocycles. The Kier molecular flexibility index (Phi) is 5.16. The van der Waals surface area contributed by atoms with E-state index in [1.54, 1.807) is 44.7 Å². The lowest BCUT2D eigenvalue weighted by molar-refractivity contribution is 0.112. The number of pyridine rings is 1. The fraction of sp³-hybridized carbons (Fsp3) is 0.200. The van der Waals surface area contributed by atoms with Gasteiger partial charge in [0, 0.05) is 17.8 Å². The molecule has 5 nitrogen and oxygen atoms in total. The number of aromatic nitrogens is 1. The van der Waals surface area contributed by atoms with Gasteiger partial charge in [-0.05, 0) is 34.1 Å². The molecule has 0 radical (unpaired) electrons. The van der Waals surface area contributed by atoms with Crippen molar-refractivity contribution in [1.29, 1.82) is 0 Å². The summed E-state index contributed by atoms with van der Waals surface area (Å²) < 4.78 is 16.9. The number of hydrogen-bond donors (Lipinski definition) is 0. The maximum Gasteiger partial charge on any atom is 0.185 e. The van der Waals surface area contributed by atoms with E-state index in [9.17, 15) is 4.79 Å². The summed E-state index contributed by atoms with van der Waals surface area (Å²) in [5.74, 6) is 1.76. The summed E-state index contributed by atoms with van der Waals surface area (Å²) >= 11 is 3.36. The molecular weight excluding hydrogens is 338 g/mol. The molecule has 1 heterocycles. The molecular formula is C15H14BrNO4. The number of methoxy groups -OCH3 is 2. The number of nitrogens with zero attached hydrogens (tertiary/aromatic N) is 1. The van der Waals surface area contributed by atoms with Gasteiger partial charge in [-0.2, -0.15) is 0 Å². The van der Waals surface area contributed by atoms with Gasteiger partial charge in [0.1, 0.15) is 24.3 Å². The summed E-state index contributed by atoms with van der Waals surface area (Å²) in [6.07, 6.45) is 2.41. The Balaban J connectivity index is 2.18. The van der Waals surface area contributed by atoms with Crippen LogP contribution in [0.4, 0.5) is 0 Å². The molecule has 21 heavy (non-hydrogen) atoms. The molecule has 0 unspecified atom stereocenters. The lowest BCUT2D eigenvalue weighted by Gasteiger charge is -2.13. The Morgan fingerprint density at radius 3 is 2.62 bits per heavy atom. The molecule has 110 valence electrons. The van der Waals surface area contributed by atoms with Crippen molar-refractivity contribution in [1.82, 2.24) is 4.98 Å². The molecule has 6 heteroatoms. The molecule has 0 saturated carbocycles. The molecule has 1 aromatic carbocycles. The zero-order valence-corrected chi connectivity index (χ0v) is 13.2. The molecule has 2 rings (SSSR count). The van der Waals surface area contributed by atoms with Crippen LogP contribution in [0.1, 0.15) is 16.1 Å². The molecule has 2 aromatic rings. The minimum absolute atomic E-state index is 0.222. The van der Waals surface area contributed by atoms with Gasteiger partial charge >= 0.3 is 0 Å². The fourth-order valence-electron chi connectivity index (χ4n) is 1.81. The number of ether oxygens (including phenoxy) is 3. The maximum atomic E-state index is 10.7. The Morgan fingerprint density at radius 2 is 2.00 bits per heavy atom. The van der Waals surface area contributed by atoms with Gasteiger partial charge in [0.2, 0.25) is 0 Å². The number of halogens is 1. The molecule has 0 fully saturated rings. The minimum Gasteiger partial charge on any atom is -0.493 e. The summed E-state index contributed by atoms with van der Waals surface area (Å²) in [5.41, 5.74) is 1.20. The number of carbonyl (C=O) groups excluding carboxylic acids is 1. The van der Waals surface area contributed by atoms with Crippen molar-refractivity contribution in [2.24, 2.45) is 0 Å². The van der Waals surface area contributed by atoms with Crippen molar-refractivity contribution in [3.63, 3.8) is 0 Å². The molecule has 0 spiro atoms. The van der Waals surface area contributed by atoms with Gasteiger partial charge in [-0.3, -0.25) is 9.78 Å². The van der Waals surface area contributed by atoms with Crippen LogP contribution in [0.2, 0.25) is 0 Å². The van der Waals surface area contributed by atoms with Gasteiger partial charge in [0.05, 0.1) is 18.7 Å². The molecule has 0 aliphatic rings. The predicted molar refractivity (Wildman–Crippen MR) is 81.2 cm³/mol. The normalized spacial score (nSPS) is 10.0. The van der Waals surface area contributed by atoms with Gasteiger partial charge in [-0.15, -0.1) is 0 Å². The van der Waals surface area contributed by atoms with E-state index in [0.29, 0.717) is 33.0 Å². The van der Waals surface area contributed by atoms with Crippen LogP contribution < -0.4 is 14.2 Å². The molecule has 0 amide bonds. The topological polar surface area (TPSA) is 57.7 Å². The maximum absolute atomic E-state index is 10.7. The van der Waals surface area contributed by atoms with Crippen LogP contribution in [0.5, 0.6) is 17.2 Å². The molecule has 0 aliphatic carbocycles. The highest BCUT2D eigenvalue weighted by atomic mass is 79.9. The highest BCUT2D eigenvalue weighted by Gasteiger charge is 2.12. The predicted octanol–water partition coefficient (Wildman–Crippen LogP) is 3.25. The van der Waals surface area contributed by atoms with E-state index in [2.05, 4.69) is 20.9 Å². The Morgan fingerprint density at radius 1 is 1.19 bits per heavy atom. The van der Waals surface area contributed by atoms with Crippen LogP contribution in [0.15, 0.2) is 34.9 Å². The third kappa shape index (κ3) is 3.52. The molecule has 0 aliphatic heterocycles. The van der Waals surface area contributed by atoms with E-state index >= 15 is 0 Å². The summed E-state index contributed by atoms with van der Waals surface area (Å²) in [5, 5.41) is 0. The number of benzene rings is 1. The zero-order chi connectivity index (χ0) is 15.2. The second-order valence-corrected chi connectivity index (χ2v) is 4.94. The van der Waals surface area contributed by atoms with E-state index in [1.165, 1.54) is 0 Å². The summed E-state index contributed by atoms with van der Waals surface area (Å²) in [7, 11) is 3.12. The van der Waals surface area contributed by atoms with E-state index in [4.69, 9.17) is 14.2 Å². The van der Waals surface area contributed by atoms with Gasteiger partial charge in [0.15, 0.2) is 11.5 Å². The first kappa shape index (κ1) is 15.3. The largest absolute Gasteiger partial charge is 0.493 e. The first-order chi connectivity index (χ1) is 10.2. The van der Waals surface area contributed by atoms with Crippen LogP contribution in [0.25, 0.3) is 0 Å². The van der Waals surface area contributed by atoms with Crippen molar-refractivity contribution >= 4 is 22.2 Å². The summed E-state index contributed by atoms with van der Waals surface area (Å²) in [6.45, 7) is 0.222. The Bertz CT molecular complexity index is 646. The van der Waals surface area contributed by atoms with Crippen molar-refractivity contribution in [3.8, 4) is 17.2 Å². The number of rotatable bonds is 6. The van der Waals surface area contributed by atoms with E-state index < -0.39 is 0 Å². The highest BCUT2D eigenvalue weighted by molar-refractivity contribution is 9.10. The average Bonchev–Trinajstić information content (AvgIpc) is 2.52. The average molecular weight is 352 g/mol. The third-order valence-corrected chi connectivity index (χ3v) is 3.44. The van der Waals surface area contributed by atoms with Crippen molar-refractivity contribution in [2.45, 2.75) is 6.61 Å². The first-order valence-corrected chi connectivity index (χ1v) is 6.92. The van der Waals surface area contributed by atoms with Crippen LogP contribution in [-0.4, -0.2) is 25.5 Å². The van der Waals surface area contributed by atoms with Crippen molar-refractivity contribution < 1.29 is 19.0 Å². The zero-order valence-electron chi connectivity index (χ0n) is 11.6. The summed E-state index contributed by atoms with van der Waals surface area (Å²) in [4.78, 5) is 14.9. The highest BCUT2D eigenvalue weighted by Crippen LogP contribution is 2.31. The SMILES string of the molecule is COc1ccnc(COc2ccc(C=O)cc2Br)c1OC. The molecule has 0 bridgehead atoms. The number of aldehydes is 1. The second kappa shape index (κ2) is 7.08. The quantitative estimate of drug-likeness (QED) is 0.747. The third-order valence-electron chi connectivity index (χ3n) is 2.82. The standard InChI is InChI=1S/C15H14BrNO4/c1-19-14-5-6-17-12(15(14)20-2)9-21-13-4-3-10(8-18)7-11(13)16/h3-8H,9H2,1-2H3. The van der Waals surface area contributed by atoms with Gasteiger partial charge < -0.3 is 14.2 Å². The van der Waals surface area contributed by atoms with E-state index in [-0.39, 0.29) is 6.61 Å². The van der Waals surface area contributed by atoms with E-state index in [1.807, 2.05) is 0 Å². The summed E-state index contributed by atoms with van der Waals surface area (Å²) in [6, 6.07) is 6.82. The van der Waals surface area contributed by atoms with Crippen LogP contribution in [0, 0.1) is 0 Å². The molecule has 0 N–H and O–H groups in total. The lowest BCUT2D eigenvalue weighted by atomic mass is 10.2. The van der Waals surface area contributed by atoms with Gasteiger partial charge in [0.25, 0.3) is 0 Å². The lowest BCUT2D eigenvalue weighted by Crippen LogP contribution is -2.03. The van der Waals surface area contributed by atoms with Crippen LogP contribution >= 0.6 is 15.9 Å². The minimum atomic E-state index is 0.222. The van der Waals surface area contributed by atoms with Gasteiger partial charge in [-0.25, -0.2) is 0 Å². The van der Waals surface area contributed by atoms with Crippen LogP contribution in [-0.2, 0) is 6.61 Å². The van der Waals surface area contributed by atoms with E-state index in [0.717, 1.165) is 6.29 Å². The van der Waals surface area contributed by atoms with Crippen LogP contribution in [0.3, 0.4) is 0 Å². The van der Waals surface area contributed by atoms with Crippen molar-refractivity contribution in [2.75, 3.05) is 14.2 Å². The second-order valence-electron chi connectivity index (χ2n) is 4.09. The Hall–Kier alpha value is -2.08. The monoisotopic (exact) mass is 351 g/mol. The number of carbonyl (C=O) groups is 1. The smallest absolute Gasteiger partial charge is 0.185 e. The Labute approximate surface area is 131 Å². The number of hydrogen-bond acceptors (Lipinski definition) is 5. The first-order valence-electron chi connectivity index (χ1n) is 6.13. The van der Waals surface area contributed by atoms with Gasteiger partial charge in [-0.1, -0.05) is 0 Å². The molecule has 0 saturated heterocycles.